The molecule has 1 aliphatic rings. The molecule has 0 aromatic heterocycles. The van der Waals surface area contributed by atoms with Crippen molar-refractivity contribution in [2.24, 2.45) is 0 Å². The van der Waals surface area contributed by atoms with Gasteiger partial charge in [0.15, 0.2) is 0 Å². The summed E-state index contributed by atoms with van der Waals surface area (Å²) in [6, 6.07) is 0.726. The molecule has 1 unspecified atom stereocenters. The third-order valence-corrected chi connectivity index (χ3v) is 1.62. The van der Waals surface area contributed by atoms with E-state index in [9.17, 15) is 0 Å². The number of rotatable bonds is 1. The fraction of sp³-hybridized carbons (Fsp3) is 0.875. The van der Waals surface area contributed by atoms with E-state index in [4.69, 9.17) is 9.90 Å². The van der Waals surface area contributed by atoms with Gasteiger partial charge in [-0.3, -0.25) is 4.79 Å². The van der Waals surface area contributed by atoms with Crippen molar-refractivity contribution in [1.82, 2.24) is 10.6 Å². The zero-order valence-electron chi connectivity index (χ0n) is 7.76. The number of piperazine rings is 1. The first-order valence-corrected chi connectivity index (χ1v) is 4.30. The molecule has 0 bridgehead atoms. The van der Waals surface area contributed by atoms with Gasteiger partial charge < -0.3 is 15.7 Å². The van der Waals surface area contributed by atoms with Crippen LogP contribution in [-0.2, 0) is 4.79 Å². The number of hydrogen-bond donors (Lipinski definition) is 3. The second-order valence-electron chi connectivity index (χ2n) is 2.78. The molecule has 0 radical (unpaired) electrons. The minimum Gasteiger partial charge on any atom is -0.481 e. The van der Waals surface area contributed by atoms with Crippen LogP contribution in [0.4, 0.5) is 0 Å². The predicted octanol–water partition coefficient (Wildman–Crippen LogP) is 0.0487. The first-order chi connectivity index (χ1) is 5.66. The third-order valence-electron chi connectivity index (χ3n) is 1.62. The highest BCUT2D eigenvalue weighted by atomic mass is 16.4. The molecule has 1 aliphatic heterocycles. The second-order valence-corrected chi connectivity index (χ2v) is 2.78. The summed E-state index contributed by atoms with van der Waals surface area (Å²) in [5, 5.41) is 14.1. The first kappa shape index (κ1) is 11.4. The lowest BCUT2D eigenvalue weighted by Crippen LogP contribution is -2.47. The van der Waals surface area contributed by atoms with Crippen LogP contribution in [-0.4, -0.2) is 36.8 Å². The number of aliphatic carboxylic acids is 1. The third kappa shape index (κ3) is 7.50. The Kier molecular flexibility index (Phi) is 6.70. The Bertz CT molecular complexity index is 118. The highest BCUT2D eigenvalue weighted by Gasteiger charge is 2.07. The topological polar surface area (TPSA) is 61.4 Å². The van der Waals surface area contributed by atoms with Crippen LogP contribution in [0, 0.1) is 0 Å². The predicted molar refractivity (Wildman–Crippen MR) is 48.3 cm³/mol. The van der Waals surface area contributed by atoms with Gasteiger partial charge in [0.2, 0.25) is 0 Å². The van der Waals surface area contributed by atoms with Crippen molar-refractivity contribution in [3.05, 3.63) is 0 Å². The number of carboxylic acids is 1. The zero-order chi connectivity index (χ0) is 9.40. The Morgan fingerprint density at radius 2 is 2.17 bits per heavy atom. The van der Waals surface area contributed by atoms with Crippen molar-refractivity contribution in [3.8, 4) is 0 Å². The van der Waals surface area contributed by atoms with Gasteiger partial charge in [0, 0.05) is 32.6 Å². The van der Waals surface area contributed by atoms with Gasteiger partial charge in [-0.1, -0.05) is 6.92 Å². The number of carbonyl (C=O) groups is 1. The molecule has 0 saturated carbocycles. The Hall–Kier alpha value is -0.610. The normalized spacial score (nSPS) is 22.3. The number of carboxylic acid groups (broad SMARTS) is 1. The van der Waals surface area contributed by atoms with Gasteiger partial charge in [-0.2, -0.15) is 0 Å². The fourth-order valence-corrected chi connectivity index (χ4v) is 1.00. The van der Waals surface area contributed by atoms with Crippen molar-refractivity contribution in [2.45, 2.75) is 26.3 Å². The summed E-state index contributed by atoms with van der Waals surface area (Å²) in [6.45, 7) is 6.72. The SMILES string of the molecule is CC(=O)O.CCC1CNCCN1. The van der Waals surface area contributed by atoms with Gasteiger partial charge in [-0.05, 0) is 6.42 Å². The van der Waals surface area contributed by atoms with E-state index < -0.39 is 5.97 Å². The molecule has 0 amide bonds. The largest absolute Gasteiger partial charge is 0.481 e. The van der Waals surface area contributed by atoms with Crippen LogP contribution in [0.1, 0.15) is 20.3 Å². The van der Waals surface area contributed by atoms with Crippen LogP contribution in [0.2, 0.25) is 0 Å². The Balaban J connectivity index is 0.000000261. The van der Waals surface area contributed by atoms with Crippen molar-refractivity contribution in [2.75, 3.05) is 19.6 Å². The Morgan fingerprint density at radius 1 is 1.58 bits per heavy atom. The molecule has 0 aromatic carbocycles. The van der Waals surface area contributed by atoms with Crippen LogP contribution in [0.5, 0.6) is 0 Å². The van der Waals surface area contributed by atoms with Crippen LogP contribution in [0.25, 0.3) is 0 Å². The summed E-state index contributed by atoms with van der Waals surface area (Å²) in [6.07, 6.45) is 1.24. The molecule has 12 heavy (non-hydrogen) atoms. The molecular weight excluding hydrogens is 156 g/mol. The van der Waals surface area contributed by atoms with Gasteiger partial charge >= 0.3 is 0 Å². The summed E-state index contributed by atoms with van der Waals surface area (Å²) in [5.74, 6) is -0.833. The van der Waals surface area contributed by atoms with E-state index >= 15 is 0 Å². The average molecular weight is 174 g/mol. The highest BCUT2D eigenvalue weighted by Crippen LogP contribution is 1.90. The van der Waals surface area contributed by atoms with Crippen molar-refractivity contribution in [1.29, 1.82) is 0 Å². The zero-order valence-corrected chi connectivity index (χ0v) is 7.76. The minimum absolute atomic E-state index is 0.726. The molecule has 1 saturated heterocycles. The minimum atomic E-state index is -0.833. The van der Waals surface area contributed by atoms with Gasteiger partial charge in [0.1, 0.15) is 0 Å². The maximum absolute atomic E-state index is 9.00. The van der Waals surface area contributed by atoms with Crippen LogP contribution in [0.15, 0.2) is 0 Å². The lowest BCUT2D eigenvalue weighted by Gasteiger charge is -2.22. The van der Waals surface area contributed by atoms with Crippen molar-refractivity contribution in [3.63, 3.8) is 0 Å². The van der Waals surface area contributed by atoms with E-state index in [1.54, 1.807) is 0 Å². The standard InChI is InChI=1S/C6H14N2.C2H4O2/c1-2-6-5-7-3-4-8-6;1-2(3)4/h6-8H,2-5H2,1H3;1H3,(H,3,4). The van der Waals surface area contributed by atoms with E-state index in [1.165, 1.54) is 6.42 Å². The molecule has 4 nitrogen and oxygen atoms in total. The van der Waals surface area contributed by atoms with E-state index in [2.05, 4.69) is 17.6 Å². The Labute approximate surface area is 73.3 Å². The molecule has 0 aromatic rings. The lowest BCUT2D eigenvalue weighted by molar-refractivity contribution is -0.134. The monoisotopic (exact) mass is 174 g/mol. The van der Waals surface area contributed by atoms with E-state index in [0.717, 1.165) is 32.6 Å². The summed E-state index contributed by atoms with van der Waals surface area (Å²) >= 11 is 0. The summed E-state index contributed by atoms with van der Waals surface area (Å²) in [5.41, 5.74) is 0. The summed E-state index contributed by atoms with van der Waals surface area (Å²) < 4.78 is 0. The second kappa shape index (κ2) is 7.06. The molecular formula is C8H18N2O2. The maximum atomic E-state index is 9.00. The quantitative estimate of drug-likeness (QED) is 0.525. The molecule has 72 valence electrons. The van der Waals surface area contributed by atoms with E-state index in [0.29, 0.717) is 0 Å². The molecule has 1 fully saturated rings. The summed E-state index contributed by atoms with van der Waals surface area (Å²) in [7, 11) is 0. The van der Waals surface area contributed by atoms with Crippen LogP contribution in [0.3, 0.4) is 0 Å². The molecule has 1 atom stereocenters. The average Bonchev–Trinajstić information content (AvgIpc) is 2.05. The first-order valence-electron chi connectivity index (χ1n) is 4.30. The van der Waals surface area contributed by atoms with Crippen LogP contribution < -0.4 is 10.6 Å². The van der Waals surface area contributed by atoms with Crippen LogP contribution >= 0.6 is 0 Å². The molecule has 3 N–H and O–H groups in total. The van der Waals surface area contributed by atoms with Gasteiger partial charge in [-0.25, -0.2) is 0 Å². The molecule has 1 heterocycles. The molecule has 0 spiro atoms. The van der Waals surface area contributed by atoms with E-state index in [-0.39, 0.29) is 0 Å². The van der Waals surface area contributed by atoms with Gasteiger partial charge in [0.05, 0.1) is 0 Å². The van der Waals surface area contributed by atoms with Gasteiger partial charge in [-0.15, -0.1) is 0 Å². The fourth-order valence-electron chi connectivity index (χ4n) is 1.00. The van der Waals surface area contributed by atoms with Crippen molar-refractivity contribution < 1.29 is 9.90 Å². The number of hydrogen-bond acceptors (Lipinski definition) is 3. The number of nitrogens with one attached hydrogen (secondary N) is 2. The maximum Gasteiger partial charge on any atom is 0.300 e. The van der Waals surface area contributed by atoms with Crippen molar-refractivity contribution >= 4 is 5.97 Å². The smallest absolute Gasteiger partial charge is 0.300 e. The molecule has 0 aliphatic carbocycles. The molecule has 4 heteroatoms. The Morgan fingerprint density at radius 3 is 2.42 bits per heavy atom. The van der Waals surface area contributed by atoms with Gasteiger partial charge in [0.25, 0.3) is 5.97 Å². The summed E-state index contributed by atoms with van der Waals surface area (Å²) in [4.78, 5) is 9.00. The van der Waals surface area contributed by atoms with E-state index in [1.807, 2.05) is 0 Å². The lowest BCUT2D eigenvalue weighted by atomic mass is 10.2. The molecule has 1 rings (SSSR count). The highest BCUT2D eigenvalue weighted by molar-refractivity contribution is 5.62.